The molecule has 120 valence electrons. The molecule has 0 heterocycles. The van der Waals surface area contributed by atoms with E-state index in [9.17, 15) is 14.0 Å². The molecule has 0 saturated heterocycles. The molecular formula is C16H21FN2O3. The maximum Gasteiger partial charge on any atom is 0.317 e. The van der Waals surface area contributed by atoms with Gasteiger partial charge in [-0.25, -0.2) is 4.39 Å². The van der Waals surface area contributed by atoms with Crippen LogP contribution in [-0.4, -0.2) is 47.1 Å². The van der Waals surface area contributed by atoms with Gasteiger partial charge in [-0.3, -0.25) is 14.5 Å². The monoisotopic (exact) mass is 308 g/mol. The van der Waals surface area contributed by atoms with Crippen LogP contribution in [0.15, 0.2) is 18.2 Å². The standard InChI is InChI=1S/C16H21FN2O3/c1-3-19(9-15(20)21)13-7-12(8-13)18-16(22)11-5-4-10(2)14(17)6-11/h4-6,12-13H,3,7-9H2,1-2H3,(H,18,22)(H,20,21). The average Bonchev–Trinajstić information content (AvgIpc) is 2.42. The molecule has 1 aliphatic carbocycles. The van der Waals surface area contributed by atoms with Gasteiger partial charge in [-0.1, -0.05) is 13.0 Å². The fourth-order valence-electron chi connectivity index (χ4n) is 2.68. The third-order valence-corrected chi connectivity index (χ3v) is 4.14. The molecular weight excluding hydrogens is 287 g/mol. The van der Waals surface area contributed by atoms with Crippen molar-refractivity contribution in [3.8, 4) is 0 Å². The van der Waals surface area contributed by atoms with Crippen molar-refractivity contribution in [2.45, 2.75) is 38.8 Å². The highest BCUT2D eigenvalue weighted by molar-refractivity contribution is 5.94. The Kier molecular flexibility index (Phi) is 5.13. The first-order valence-electron chi connectivity index (χ1n) is 7.43. The number of aliphatic carboxylic acids is 1. The molecule has 0 atom stereocenters. The van der Waals surface area contributed by atoms with E-state index in [1.165, 1.54) is 6.07 Å². The van der Waals surface area contributed by atoms with E-state index < -0.39 is 11.8 Å². The van der Waals surface area contributed by atoms with Gasteiger partial charge in [0, 0.05) is 17.6 Å². The molecule has 0 aliphatic heterocycles. The Morgan fingerprint density at radius 3 is 2.64 bits per heavy atom. The summed E-state index contributed by atoms with van der Waals surface area (Å²) in [5.74, 6) is -1.52. The van der Waals surface area contributed by atoms with Crippen LogP contribution in [-0.2, 0) is 4.79 Å². The highest BCUT2D eigenvalue weighted by Gasteiger charge is 2.34. The number of amides is 1. The molecule has 1 saturated carbocycles. The summed E-state index contributed by atoms with van der Waals surface area (Å²) in [5.41, 5.74) is 0.817. The van der Waals surface area contributed by atoms with Crippen LogP contribution >= 0.6 is 0 Å². The number of likely N-dealkylation sites (N-methyl/N-ethyl adjacent to an activating group) is 1. The Morgan fingerprint density at radius 2 is 2.09 bits per heavy atom. The van der Waals surface area contributed by atoms with Gasteiger partial charge in [0.25, 0.3) is 5.91 Å². The Balaban J connectivity index is 1.85. The molecule has 0 radical (unpaired) electrons. The van der Waals surface area contributed by atoms with E-state index in [-0.39, 0.29) is 24.5 Å². The summed E-state index contributed by atoms with van der Waals surface area (Å²) in [6, 6.07) is 4.63. The number of carboxylic acids is 1. The van der Waals surface area contributed by atoms with E-state index in [1.807, 2.05) is 11.8 Å². The summed E-state index contributed by atoms with van der Waals surface area (Å²) in [6.45, 7) is 4.26. The summed E-state index contributed by atoms with van der Waals surface area (Å²) in [5, 5.41) is 11.7. The van der Waals surface area contributed by atoms with Crippen molar-refractivity contribution < 1.29 is 19.1 Å². The Labute approximate surface area is 129 Å². The number of hydrogen-bond acceptors (Lipinski definition) is 3. The van der Waals surface area contributed by atoms with Crippen molar-refractivity contribution in [3.05, 3.63) is 35.1 Å². The minimum atomic E-state index is -0.843. The second-order valence-electron chi connectivity index (χ2n) is 5.72. The lowest BCUT2D eigenvalue weighted by molar-refractivity contribution is -0.139. The molecule has 2 N–H and O–H groups in total. The van der Waals surface area contributed by atoms with E-state index in [4.69, 9.17) is 5.11 Å². The molecule has 1 amide bonds. The van der Waals surface area contributed by atoms with Crippen molar-refractivity contribution in [3.63, 3.8) is 0 Å². The van der Waals surface area contributed by atoms with Crippen LogP contribution in [0.4, 0.5) is 4.39 Å². The van der Waals surface area contributed by atoms with Gasteiger partial charge in [-0.2, -0.15) is 0 Å². The van der Waals surface area contributed by atoms with Crippen LogP contribution in [0.5, 0.6) is 0 Å². The fourth-order valence-corrected chi connectivity index (χ4v) is 2.68. The van der Waals surface area contributed by atoms with E-state index in [0.717, 1.165) is 12.8 Å². The zero-order chi connectivity index (χ0) is 16.3. The van der Waals surface area contributed by atoms with Gasteiger partial charge >= 0.3 is 5.97 Å². The molecule has 1 aromatic rings. The van der Waals surface area contributed by atoms with Crippen LogP contribution in [0, 0.1) is 12.7 Å². The zero-order valence-electron chi connectivity index (χ0n) is 12.8. The van der Waals surface area contributed by atoms with E-state index in [0.29, 0.717) is 17.7 Å². The van der Waals surface area contributed by atoms with Crippen molar-refractivity contribution in [2.24, 2.45) is 0 Å². The Morgan fingerprint density at radius 1 is 1.41 bits per heavy atom. The molecule has 2 rings (SSSR count). The molecule has 6 heteroatoms. The number of carboxylic acid groups (broad SMARTS) is 1. The number of nitrogens with zero attached hydrogens (tertiary/aromatic N) is 1. The molecule has 0 aromatic heterocycles. The second kappa shape index (κ2) is 6.87. The van der Waals surface area contributed by atoms with Gasteiger partial charge in [0.15, 0.2) is 0 Å². The lowest BCUT2D eigenvalue weighted by Gasteiger charge is -2.42. The van der Waals surface area contributed by atoms with E-state index >= 15 is 0 Å². The van der Waals surface area contributed by atoms with Gasteiger partial charge in [0.2, 0.25) is 0 Å². The third kappa shape index (κ3) is 3.82. The molecule has 22 heavy (non-hydrogen) atoms. The maximum absolute atomic E-state index is 13.5. The molecule has 1 aliphatic rings. The van der Waals surface area contributed by atoms with Crippen LogP contribution in [0.2, 0.25) is 0 Å². The van der Waals surface area contributed by atoms with Crippen LogP contribution in [0.1, 0.15) is 35.7 Å². The topological polar surface area (TPSA) is 69.6 Å². The SMILES string of the molecule is CCN(CC(=O)O)C1CC(NC(=O)c2ccc(C)c(F)c2)C1. The van der Waals surface area contributed by atoms with E-state index in [1.54, 1.807) is 19.1 Å². The Hall–Kier alpha value is -1.95. The molecule has 0 bridgehead atoms. The Bertz CT molecular complexity index is 571. The highest BCUT2D eigenvalue weighted by Crippen LogP contribution is 2.26. The highest BCUT2D eigenvalue weighted by atomic mass is 19.1. The van der Waals surface area contributed by atoms with Crippen molar-refractivity contribution in [1.29, 1.82) is 0 Å². The van der Waals surface area contributed by atoms with Gasteiger partial charge in [0.05, 0.1) is 6.54 Å². The maximum atomic E-state index is 13.5. The number of rotatable bonds is 6. The summed E-state index contributed by atoms with van der Waals surface area (Å²) in [4.78, 5) is 24.7. The van der Waals surface area contributed by atoms with Gasteiger partial charge < -0.3 is 10.4 Å². The van der Waals surface area contributed by atoms with Crippen LogP contribution < -0.4 is 5.32 Å². The molecule has 1 fully saturated rings. The number of carbonyl (C=O) groups is 2. The minimum Gasteiger partial charge on any atom is -0.480 e. The quantitative estimate of drug-likeness (QED) is 0.841. The second-order valence-corrected chi connectivity index (χ2v) is 5.72. The zero-order valence-corrected chi connectivity index (χ0v) is 12.8. The van der Waals surface area contributed by atoms with Gasteiger partial charge in [-0.05, 0) is 44.0 Å². The predicted molar refractivity (Wildman–Crippen MR) is 80.3 cm³/mol. The molecule has 0 unspecified atom stereocenters. The predicted octanol–water partition coefficient (Wildman–Crippen LogP) is 1.80. The largest absolute Gasteiger partial charge is 0.480 e. The van der Waals surface area contributed by atoms with Crippen LogP contribution in [0.25, 0.3) is 0 Å². The third-order valence-electron chi connectivity index (χ3n) is 4.14. The number of nitrogens with one attached hydrogen (secondary N) is 1. The smallest absolute Gasteiger partial charge is 0.317 e. The number of benzene rings is 1. The van der Waals surface area contributed by atoms with Gasteiger partial charge in [0.1, 0.15) is 5.82 Å². The lowest BCUT2D eigenvalue weighted by Crippen LogP contribution is -2.54. The number of hydrogen-bond donors (Lipinski definition) is 2. The summed E-state index contributed by atoms with van der Waals surface area (Å²) in [7, 11) is 0. The summed E-state index contributed by atoms with van der Waals surface area (Å²) < 4.78 is 13.5. The molecule has 5 nitrogen and oxygen atoms in total. The first kappa shape index (κ1) is 16.4. The van der Waals surface area contributed by atoms with Crippen molar-refractivity contribution in [1.82, 2.24) is 10.2 Å². The number of aryl methyl sites for hydroxylation is 1. The summed E-state index contributed by atoms with van der Waals surface area (Å²) >= 11 is 0. The van der Waals surface area contributed by atoms with Crippen molar-refractivity contribution >= 4 is 11.9 Å². The number of carbonyl (C=O) groups excluding carboxylic acids is 1. The lowest BCUT2D eigenvalue weighted by atomic mass is 9.85. The van der Waals surface area contributed by atoms with Crippen LogP contribution in [0.3, 0.4) is 0 Å². The summed E-state index contributed by atoms with van der Waals surface area (Å²) in [6.07, 6.45) is 1.45. The molecule has 1 aromatic carbocycles. The first-order chi connectivity index (χ1) is 10.4. The van der Waals surface area contributed by atoms with Gasteiger partial charge in [-0.15, -0.1) is 0 Å². The minimum absolute atomic E-state index is 0.0182. The van der Waals surface area contributed by atoms with E-state index in [2.05, 4.69) is 5.32 Å². The molecule has 0 spiro atoms. The van der Waals surface area contributed by atoms with Crippen molar-refractivity contribution in [2.75, 3.05) is 13.1 Å². The fraction of sp³-hybridized carbons (Fsp3) is 0.500. The average molecular weight is 308 g/mol. The normalized spacial score (nSPS) is 20.5. The number of halogens is 1. The first-order valence-corrected chi connectivity index (χ1v) is 7.43.